The molecule has 0 aliphatic heterocycles. The molecule has 2 aromatic heterocycles. The first kappa shape index (κ1) is 9.97. The molecule has 0 bridgehead atoms. The fraction of sp³-hybridized carbons (Fsp3) is 0.0667. The molecule has 0 aliphatic rings. The van der Waals surface area contributed by atoms with Crippen LogP contribution in [0, 0.1) is 6.92 Å². The van der Waals surface area contributed by atoms with Crippen LogP contribution in [0.1, 0.15) is 5.56 Å². The normalized spacial score (nSPS) is 10.9. The highest BCUT2D eigenvalue weighted by Crippen LogP contribution is 2.31. The van der Waals surface area contributed by atoms with Crippen molar-refractivity contribution in [3.05, 3.63) is 60.4 Å². The van der Waals surface area contributed by atoms with E-state index in [1.165, 1.54) is 0 Å². The zero-order valence-electron chi connectivity index (χ0n) is 9.59. The van der Waals surface area contributed by atoms with Gasteiger partial charge in [-0.05, 0) is 37.3 Å². The maximum absolute atomic E-state index is 9.90. The maximum atomic E-state index is 9.90. The number of phenols is 1. The maximum Gasteiger partial charge on any atom is 0.123 e. The van der Waals surface area contributed by atoms with Crippen molar-refractivity contribution in [2.45, 2.75) is 6.92 Å². The number of benzene rings is 1. The molecular weight excluding hydrogens is 210 g/mol. The quantitative estimate of drug-likeness (QED) is 0.669. The lowest BCUT2D eigenvalue weighted by Crippen LogP contribution is -1.79. The molecule has 0 saturated heterocycles. The number of fused-ring (bicyclic) bond motifs is 1. The molecule has 2 nitrogen and oxygen atoms in total. The van der Waals surface area contributed by atoms with E-state index in [0.29, 0.717) is 5.75 Å². The van der Waals surface area contributed by atoms with Crippen molar-refractivity contribution >= 4 is 5.52 Å². The molecule has 17 heavy (non-hydrogen) atoms. The van der Waals surface area contributed by atoms with E-state index in [9.17, 15) is 5.11 Å². The van der Waals surface area contributed by atoms with Crippen molar-refractivity contribution in [3.8, 4) is 16.9 Å². The Labute approximate surface area is 99.8 Å². The van der Waals surface area contributed by atoms with Crippen LogP contribution in [0.4, 0.5) is 0 Å². The molecule has 1 N–H and O–H groups in total. The molecule has 2 heteroatoms. The molecular formula is C15H13NO. The Morgan fingerprint density at radius 1 is 1.06 bits per heavy atom. The predicted octanol–water partition coefficient (Wildman–Crippen LogP) is 3.62. The summed E-state index contributed by atoms with van der Waals surface area (Å²) >= 11 is 0. The van der Waals surface area contributed by atoms with Crippen molar-refractivity contribution in [1.82, 2.24) is 4.40 Å². The second kappa shape index (κ2) is 3.67. The number of pyridine rings is 1. The third-order valence-corrected chi connectivity index (χ3v) is 2.97. The molecule has 3 aromatic rings. The van der Waals surface area contributed by atoms with Gasteiger partial charge in [-0.1, -0.05) is 17.7 Å². The lowest BCUT2D eigenvalue weighted by molar-refractivity contribution is 0.477. The molecule has 0 saturated carbocycles. The number of phenolic OH excluding ortho intramolecular Hbond substituents is 1. The van der Waals surface area contributed by atoms with Crippen molar-refractivity contribution in [2.75, 3.05) is 0 Å². The van der Waals surface area contributed by atoms with Crippen LogP contribution in [0.2, 0.25) is 0 Å². The smallest absolute Gasteiger partial charge is 0.123 e. The Morgan fingerprint density at radius 3 is 2.76 bits per heavy atom. The van der Waals surface area contributed by atoms with Gasteiger partial charge in [0.15, 0.2) is 0 Å². The standard InChI is InChI=1S/C15H13NO/c1-11-5-6-15(17)14(8-11)12-9-13-4-2-3-7-16(13)10-12/h2-10,17H,1H3. The second-order valence-electron chi connectivity index (χ2n) is 4.28. The fourth-order valence-electron chi connectivity index (χ4n) is 2.08. The molecule has 0 spiro atoms. The van der Waals surface area contributed by atoms with E-state index in [1.807, 2.05) is 43.6 Å². The monoisotopic (exact) mass is 223 g/mol. The van der Waals surface area contributed by atoms with Gasteiger partial charge in [-0.15, -0.1) is 0 Å². The van der Waals surface area contributed by atoms with E-state index in [0.717, 1.165) is 22.2 Å². The lowest BCUT2D eigenvalue weighted by atomic mass is 10.1. The van der Waals surface area contributed by atoms with E-state index >= 15 is 0 Å². The second-order valence-corrected chi connectivity index (χ2v) is 4.28. The largest absolute Gasteiger partial charge is 0.507 e. The van der Waals surface area contributed by atoms with E-state index in [2.05, 4.69) is 16.5 Å². The van der Waals surface area contributed by atoms with Crippen LogP contribution in [0.5, 0.6) is 5.75 Å². The van der Waals surface area contributed by atoms with E-state index in [4.69, 9.17) is 0 Å². The highest BCUT2D eigenvalue weighted by molar-refractivity contribution is 5.75. The zero-order chi connectivity index (χ0) is 11.8. The van der Waals surface area contributed by atoms with Crippen LogP contribution in [0.3, 0.4) is 0 Å². The number of nitrogens with zero attached hydrogens (tertiary/aromatic N) is 1. The Balaban J connectivity index is 2.23. The number of hydrogen-bond donors (Lipinski definition) is 1. The molecule has 0 fully saturated rings. The Morgan fingerprint density at radius 2 is 1.94 bits per heavy atom. The molecule has 0 radical (unpaired) electrons. The average Bonchev–Trinajstić information content (AvgIpc) is 2.75. The summed E-state index contributed by atoms with van der Waals surface area (Å²) in [6.07, 6.45) is 4.04. The molecule has 0 amide bonds. The van der Waals surface area contributed by atoms with Gasteiger partial charge in [-0.2, -0.15) is 0 Å². The van der Waals surface area contributed by atoms with Crippen molar-refractivity contribution in [1.29, 1.82) is 0 Å². The first-order valence-corrected chi connectivity index (χ1v) is 5.61. The number of aromatic nitrogens is 1. The summed E-state index contributed by atoms with van der Waals surface area (Å²) in [5.74, 6) is 0.325. The van der Waals surface area contributed by atoms with E-state index in [-0.39, 0.29) is 0 Å². The van der Waals surface area contributed by atoms with Gasteiger partial charge >= 0.3 is 0 Å². The Bertz CT molecular complexity index is 649. The summed E-state index contributed by atoms with van der Waals surface area (Å²) in [6.45, 7) is 2.03. The van der Waals surface area contributed by atoms with Crippen LogP contribution in [0.15, 0.2) is 54.9 Å². The summed E-state index contributed by atoms with van der Waals surface area (Å²) in [4.78, 5) is 0. The lowest BCUT2D eigenvalue weighted by Gasteiger charge is -2.02. The summed E-state index contributed by atoms with van der Waals surface area (Å²) in [5.41, 5.74) is 4.20. The van der Waals surface area contributed by atoms with Gasteiger partial charge in [0, 0.05) is 29.0 Å². The minimum atomic E-state index is 0.325. The predicted molar refractivity (Wildman–Crippen MR) is 69.2 cm³/mol. The van der Waals surface area contributed by atoms with Crippen LogP contribution < -0.4 is 0 Å². The minimum absolute atomic E-state index is 0.325. The SMILES string of the molecule is Cc1ccc(O)c(-c2cc3ccccn3c2)c1. The van der Waals surface area contributed by atoms with Gasteiger partial charge in [0.25, 0.3) is 0 Å². The van der Waals surface area contributed by atoms with Gasteiger partial charge in [-0.3, -0.25) is 0 Å². The van der Waals surface area contributed by atoms with Crippen LogP contribution in [0.25, 0.3) is 16.6 Å². The number of hydrogen-bond acceptors (Lipinski definition) is 1. The van der Waals surface area contributed by atoms with Crippen molar-refractivity contribution < 1.29 is 5.11 Å². The summed E-state index contributed by atoms with van der Waals surface area (Å²) in [5, 5.41) is 9.90. The number of rotatable bonds is 1. The van der Waals surface area contributed by atoms with Crippen LogP contribution in [-0.4, -0.2) is 9.51 Å². The third kappa shape index (κ3) is 1.68. The number of aryl methyl sites for hydroxylation is 1. The van der Waals surface area contributed by atoms with Gasteiger partial charge in [0.05, 0.1) is 0 Å². The average molecular weight is 223 g/mol. The van der Waals surface area contributed by atoms with Crippen LogP contribution in [-0.2, 0) is 0 Å². The number of aromatic hydroxyl groups is 1. The first-order chi connectivity index (χ1) is 8.24. The topological polar surface area (TPSA) is 24.6 Å². The fourth-order valence-corrected chi connectivity index (χ4v) is 2.08. The highest BCUT2D eigenvalue weighted by atomic mass is 16.3. The van der Waals surface area contributed by atoms with Gasteiger partial charge in [0.2, 0.25) is 0 Å². The molecule has 2 heterocycles. The zero-order valence-corrected chi connectivity index (χ0v) is 9.59. The van der Waals surface area contributed by atoms with Crippen molar-refractivity contribution in [2.24, 2.45) is 0 Å². The van der Waals surface area contributed by atoms with E-state index < -0.39 is 0 Å². The Kier molecular flexibility index (Phi) is 2.15. The van der Waals surface area contributed by atoms with Crippen LogP contribution >= 0.6 is 0 Å². The Hall–Kier alpha value is -2.22. The van der Waals surface area contributed by atoms with Gasteiger partial charge in [-0.25, -0.2) is 0 Å². The molecule has 1 aromatic carbocycles. The summed E-state index contributed by atoms with van der Waals surface area (Å²) in [6, 6.07) is 13.8. The van der Waals surface area contributed by atoms with Gasteiger partial charge < -0.3 is 9.51 Å². The third-order valence-electron chi connectivity index (χ3n) is 2.97. The molecule has 0 atom stereocenters. The van der Waals surface area contributed by atoms with Gasteiger partial charge in [0.1, 0.15) is 5.75 Å². The molecule has 84 valence electrons. The molecule has 0 unspecified atom stereocenters. The summed E-state index contributed by atoms with van der Waals surface area (Å²) < 4.78 is 2.05. The summed E-state index contributed by atoms with van der Waals surface area (Å²) in [7, 11) is 0. The molecule has 3 rings (SSSR count). The van der Waals surface area contributed by atoms with E-state index in [1.54, 1.807) is 6.07 Å². The molecule has 0 aliphatic carbocycles. The minimum Gasteiger partial charge on any atom is -0.507 e. The first-order valence-electron chi connectivity index (χ1n) is 5.61. The van der Waals surface area contributed by atoms with Crippen molar-refractivity contribution in [3.63, 3.8) is 0 Å². The highest BCUT2D eigenvalue weighted by Gasteiger charge is 2.06.